The number of hydrogen-bond acceptors (Lipinski definition) is 5. The van der Waals surface area contributed by atoms with E-state index in [9.17, 15) is 23.6 Å². The van der Waals surface area contributed by atoms with Crippen molar-refractivity contribution in [2.75, 3.05) is 13.1 Å². The fourth-order valence-corrected chi connectivity index (χ4v) is 2.52. The molecule has 2 bridgehead atoms. The highest BCUT2D eigenvalue weighted by Crippen LogP contribution is 2.30. The molecule has 2 aliphatic heterocycles. The van der Waals surface area contributed by atoms with E-state index in [1.54, 1.807) is 6.92 Å². The molecule has 126 valence electrons. The molecule has 3 amide bonds. The summed E-state index contributed by atoms with van der Waals surface area (Å²) in [6, 6.07) is -2.44. The molecular weight excluding hydrogens is 313 g/mol. The van der Waals surface area contributed by atoms with Crippen molar-refractivity contribution in [3.8, 4) is 0 Å². The topological polar surface area (TPSA) is 116 Å². The van der Waals surface area contributed by atoms with Gasteiger partial charge in [-0.2, -0.15) is 5.06 Å². The van der Waals surface area contributed by atoms with Crippen LogP contribution in [0.2, 0.25) is 0 Å². The van der Waals surface area contributed by atoms with Gasteiger partial charge in [0.2, 0.25) is 5.91 Å². The molecule has 0 radical (unpaired) electrons. The van der Waals surface area contributed by atoms with E-state index in [0.717, 1.165) is 4.90 Å². The first-order valence-electron chi connectivity index (χ1n) is 6.81. The predicted molar refractivity (Wildman–Crippen MR) is 72.6 cm³/mol. The molecule has 23 heavy (non-hydrogen) atoms. The van der Waals surface area contributed by atoms with E-state index < -0.39 is 36.3 Å². The molecule has 0 aromatic carbocycles. The van der Waals surface area contributed by atoms with Crippen molar-refractivity contribution in [3.63, 3.8) is 0 Å². The molecule has 2 aliphatic rings. The van der Waals surface area contributed by atoms with Gasteiger partial charge in [0.05, 0.1) is 19.1 Å². The molecule has 10 heteroatoms. The van der Waals surface area contributed by atoms with Gasteiger partial charge in [0, 0.05) is 0 Å². The number of carbonyl (C=O) groups excluding carboxylic acids is 3. The first-order chi connectivity index (χ1) is 10.7. The first kappa shape index (κ1) is 16.9. The number of nitrogens with zero attached hydrogens (tertiary/aromatic N) is 2. The second-order valence-electron chi connectivity index (χ2n) is 5.32. The number of amides is 3. The second-order valence-corrected chi connectivity index (χ2v) is 5.32. The van der Waals surface area contributed by atoms with Crippen LogP contribution >= 0.6 is 0 Å². The number of hydrogen-bond donors (Lipinski definition) is 2. The highest BCUT2D eigenvalue weighted by Gasteiger charge is 2.48. The molecule has 0 spiro atoms. The lowest BCUT2D eigenvalue weighted by atomic mass is 10.00. The molecule has 0 aliphatic carbocycles. The summed E-state index contributed by atoms with van der Waals surface area (Å²) in [5, 5.41) is 11.5. The van der Waals surface area contributed by atoms with Gasteiger partial charge < -0.3 is 15.3 Å². The maximum Gasteiger partial charge on any atom is 0.368 e. The molecule has 2 rings (SSSR count). The number of carboxylic acid groups (broad SMARTS) is 1. The Morgan fingerprint density at radius 3 is 2.74 bits per heavy atom. The number of alkyl halides is 1. The number of Topliss-reactive ketones (excluding diaryl/α,β-unsaturated/α-hetero) is 1. The van der Waals surface area contributed by atoms with Crippen molar-refractivity contribution in [1.29, 1.82) is 0 Å². The molecular formula is C13H16FN3O6. The fraction of sp³-hybridized carbons (Fsp3) is 0.538. The third-order valence-electron chi connectivity index (χ3n) is 3.48. The summed E-state index contributed by atoms with van der Waals surface area (Å²) in [7, 11) is 0. The van der Waals surface area contributed by atoms with Crippen LogP contribution in [0.4, 0.5) is 9.18 Å². The minimum absolute atomic E-state index is 0.0562. The van der Waals surface area contributed by atoms with Gasteiger partial charge in [-0.1, -0.05) is 6.08 Å². The van der Waals surface area contributed by atoms with E-state index in [4.69, 9.17) is 5.11 Å². The van der Waals surface area contributed by atoms with Crippen LogP contribution in [0.25, 0.3) is 0 Å². The van der Waals surface area contributed by atoms with Gasteiger partial charge in [-0.3, -0.25) is 9.59 Å². The van der Waals surface area contributed by atoms with Gasteiger partial charge in [0.15, 0.2) is 0 Å². The molecule has 9 nitrogen and oxygen atoms in total. The van der Waals surface area contributed by atoms with Crippen LogP contribution in [0.5, 0.6) is 0 Å². The molecule has 1 unspecified atom stereocenters. The lowest BCUT2D eigenvalue weighted by molar-refractivity contribution is -0.219. The monoisotopic (exact) mass is 329 g/mol. The Morgan fingerprint density at radius 1 is 1.52 bits per heavy atom. The second kappa shape index (κ2) is 6.32. The van der Waals surface area contributed by atoms with E-state index in [-0.39, 0.29) is 18.9 Å². The number of carbonyl (C=O) groups is 4. The predicted octanol–water partition coefficient (Wildman–Crippen LogP) is -0.562. The maximum absolute atomic E-state index is 13.2. The minimum Gasteiger partial charge on any atom is -0.477 e. The van der Waals surface area contributed by atoms with E-state index in [2.05, 4.69) is 10.2 Å². The highest BCUT2D eigenvalue weighted by molar-refractivity contribution is 5.93. The minimum atomic E-state index is -2.68. The van der Waals surface area contributed by atoms with Crippen LogP contribution in [0.1, 0.15) is 13.8 Å². The summed E-state index contributed by atoms with van der Waals surface area (Å²) in [5.41, 5.74) is 0.521. The average Bonchev–Trinajstić information content (AvgIpc) is 2.70. The van der Waals surface area contributed by atoms with E-state index in [1.165, 1.54) is 13.0 Å². The van der Waals surface area contributed by atoms with Crippen LogP contribution < -0.4 is 5.32 Å². The summed E-state index contributed by atoms with van der Waals surface area (Å²) in [6.07, 6.45) is -1.15. The molecule has 2 N–H and O–H groups in total. The number of fused-ring (bicyclic) bond motifs is 2. The molecule has 3 atom stereocenters. The van der Waals surface area contributed by atoms with Crippen molar-refractivity contribution < 1.29 is 33.5 Å². The number of halogens is 1. The highest BCUT2D eigenvalue weighted by atomic mass is 19.1. The first-order valence-corrected chi connectivity index (χ1v) is 6.81. The Morgan fingerprint density at radius 2 is 2.17 bits per heavy atom. The van der Waals surface area contributed by atoms with Gasteiger partial charge in [0.1, 0.15) is 11.8 Å². The third kappa shape index (κ3) is 3.31. The standard InChI is InChI=1S/C13H16FN3O6/c1-6-3-8-5-16(9(6)11(19)15-4-7(2)18)13(22)17(8)23-10(14)12(20)21/h3,8-10H,4-5H2,1-2H3,(H,15,19)(H,20,21)/t8-,9+,10?/m1/s1. The van der Waals surface area contributed by atoms with Crippen LogP contribution in [-0.2, 0) is 19.2 Å². The quantitative estimate of drug-likeness (QED) is 0.631. The largest absolute Gasteiger partial charge is 0.477 e. The van der Waals surface area contributed by atoms with Crippen molar-refractivity contribution >= 4 is 23.7 Å². The molecule has 1 saturated heterocycles. The summed E-state index contributed by atoms with van der Waals surface area (Å²) >= 11 is 0. The summed E-state index contributed by atoms with van der Waals surface area (Å²) < 4.78 is 13.2. The van der Waals surface area contributed by atoms with Crippen molar-refractivity contribution in [3.05, 3.63) is 11.6 Å². The SMILES string of the molecule is CC(=O)CNC(=O)[C@@H]1C(C)=C[C@@H]2CN1C(=O)N2OC(F)C(=O)O. The zero-order chi connectivity index (χ0) is 17.3. The Balaban J connectivity index is 2.14. The van der Waals surface area contributed by atoms with Crippen LogP contribution in [-0.4, -0.2) is 70.3 Å². The van der Waals surface area contributed by atoms with Gasteiger partial charge in [-0.15, -0.1) is 0 Å². The van der Waals surface area contributed by atoms with Crippen LogP contribution in [0.15, 0.2) is 11.6 Å². The zero-order valence-electron chi connectivity index (χ0n) is 12.5. The smallest absolute Gasteiger partial charge is 0.368 e. The number of hydroxylamine groups is 2. The Bertz CT molecular complexity index is 592. The zero-order valence-corrected chi connectivity index (χ0v) is 12.5. The number of nitrogens with one attached hydrogen (secondary N) is 1. The lowest BCUT2D eigenvalue weighted by Gasteiger charge is -2.28. The Labute approximate surface area is 130 Å². The molecule has 2 heterocycles. The number of ketones is 1. The van der Waals surface area contributed by atoms with Crippen LogP contribution in [0, 0.1) is 0 Å². The van der Waals surface area contributed by atoms with E-state index in [1.807, 2.05) is 0 Å². The number of rotatable bonds is 6. The van der Waals surface area contributed by atoms with Gasteiger partial charge >= 0.3 is 18.4 Å². The van der Waals surface area contributed by atoms with Gasteiger partial charge in [-0.25, -0.2) is 18.8 Å². The van der Waals surface area contributed by atoms with Gasteiger partial charge in [-0.05, 0) is 19.4 Å². The van der Waals surface area contributed by atoms with Crippen molar-refractivity contribution in [1.82, 2.24) is 15.3 Å². The van der Waals surface area contributed by atoms with Crippen molar-refractivity contribution in [2.45, 2.75) is 32.3 Å². The molecule has 0 aromatic heterocycles. The third-order valence-corrected chi connectivity index (χ3v) is 3.48. The number of aliphatic carboxylic acids is 1. The van der Waals surface area contributed by atoms with Gasteiger partial charge in [0.25, 0.3) is 0 Å². The van der Waals surface area contributed by atoms with Crippen molar-refractivity contribution in [2.24, 2.45) is 0 Å². The lowest BCUT2D eigenvalue weighted by Crippen LogP contribution is -2.50. The van der Waals surface area contributed by atoms with E-state index >= 15 is 0 Å². The Hall–Kier alpha value is -2.49. The number of carboxylic acids is 1. The van der Waals surface area contributed by atoms with Crippen LogP contribution in [0.3, 0.4) is 0 Å². The molecule has 1 fully saturated rings. The average molecular weight is 329 g/mol. The number of urea groups is 1. The normalized spacial score (nSPS) is 24.3. The fourth-order valence-electron chi connectivity index (χ4n) is 2.52. The Kier molecular flexibility index (Phi) is 4.64. The summed E-state index contributed by atoms with van der Waals surface area (Å²) in [6.45, 7) is 2.81. The molecule has 0 saturated carbocycles. The molecule has 0 aromatic rings. The summed E-state index contributed by atoms with van der Waals surface area (Å²) in [4.78, 5) is 51.5. The summed E-state index contributed by atoms with van der Waals surface area (Å²) in [5.74, 6) is -2.64. The maximum atomic E-state index is 13.2. The van der Waals surface area contributed by atoms with E-state index in [0.29, 0.717) is 10.6 Å².